The molecule has 14 heavy (non-hydrogen) atoms. The lowest BCUT2D eigenvalue weighted by atomic mass is 10.1. The molecule has 4 heteroatoms. The molecule has 0 radical (unpaired) electrons. The second kappa shape index (κ2) is 4.28. The summed E-state index contributed by atoms with van der Waals surface area (Å²) in [5, 5.41) is 8.69. The number of hydrogen-bond acceptors (Lipinski definition) is 4. The predicted molar refractivity (Wildman–Crippen MR) is 51.3 cm³/mol. The minimum absolute atomic E-state index is 0.0951. The molecule has 1 aromatic carbocycles. The van der Waals surface area contributed by atoms with E-state index in [2.05, 4.69) is 4.74 Å². The minimum atomic E-state index is -0.369. The van der Waals surface area contributed by atoms with Crippen LogP contribution >= 0.6 is 0 Å². The lowest BCUT2D eigenvalue weighted by Crippen LogP contribution is -2.07. The first-order valence-electron chi connectivity index (χ1n) is 4.03. The predicted octanol–water partition coefficient (Wildman–Crippen LogP) is 0.856. The summed E-state index contributed by atoms with van der Waals surface area (Å²) in [7, 11) is 1.31. The van der Waals surface area contributed by atoms with Gasteiger partial charge >= 0.3 is 5.97 Å². The van der Waals surface area contributed by atoms with Crippen molar-refractivity contribution in [3.05, 3.63) is 29.3 Å². The van der Waals surface area contributed by atoms with E-state index in [1.54, 1.807) is 18.2 Å². The van der Waals surface area contributed by atoms with E-state index in [0.717, 1.165) is 0 Å². The highest BCUT2D eigenvalue weighted by Crippen LogP contribution is 2.17. The van der Waals surface area contributed by atoms with Crippen LogP contribution in [0.1, 0.15) is 11.1 Å². The molecule has 0 fully saturated rings. The van der Waals surface area contributed by atoms with E-state index in [9.17, 15) is 4.79 Å². The summed E-state index contributed by atoms with van der Waals surface area (Å²) in [4.78, 5) is 11.0. The third kappa shape index (κ3) is 2.02. The highest BCUT2D eigenvalue weighted by atomic mass is 16.5. The molecule has 0 bridgehead atoms. The van der Waals surface area contributed by atoms with Gasteiger partial charge in [-0.3, -0.25) is 4.79 Å². The maximum atomic E-state index is 11.0. The Morgan fingerprint density at radius 2 is 2.36 bits per heavy atom. The summed E-state index contributed by atoms with van der Waals surface area (Å²) in [6.07, 6.45) is 0.0951. The molecule has 0 atom stereocenters. The van der Waals surface area contributed by atoms with E-state index < -0.39 is 0 Å². The van der Waals surface area contributed by atoms with E-state index in [4.69, 9.17) is 11.0 Å². The van der Waals surface area contributed by atoms with Crippen molar-refractivity contribution in [2.24, 2.45) is 0 Å². The van der Waals surface area contributed by atoms with Gasteiger partial charge < -0.3 is 10.5 Å². The number of nitrogens with two attached hydrogens (primary N) is 1. The number of nitrogens with zero attached hydrogens (tertiary/aromatic N) is 1. The number of esters is 1. The summed E-state index contributed by atoms with van der Waals surface area (Å²) in [5.74, 6) is -0.369. The summed E-state index contributed by atoms with van der Waals surface area (Å²) >= 11 is 0. The first kappa shape index (κ1) is 10.1. The molecule has 0 saturated carbocycles. The van der Waals surface area contributed by atoms with E-state index in [0.29, 0.717) is 16.8 Å². The number of ether oxygens (including phenoxy) is 1. The van der Waals surface area contributed by atoms with Gasteiger partial charge in [0.05, 0.1) is 24.8 Å². The number of benzene rings is 1. The molecule has 0 spiro atoms. The maximum Gasteiger partial charge on any atom is 0.310 e. The van der Waals surface area contributed by atoms with Gasteiger partial charge in [-0.05, 0) is 11.6 Å². The van der Waals surface area contributed by atoms with Crippen LogP contribution in [-0.4, -0.2) is 13.1 Å². The van der Waals surface area contributed by atoms with Crippen LogP contribution in [0, 0.1) is 11.3 Å². The second-order valence-corrected chi connectivity index (χ2v) is 2.74. The molecule has 0 saturated heterocycles. The molecule has 0 heterocycles. The number of nitrogen functional groups attached to an aromatic ring is 1. The van der Waals surface area contributed by atoms with Crippen LogP contribution < -0.4 is 5.73 Å². The lowest BCUT2D eigenvalue weighted by molar-refractivity contribution is -0.139. The van der Waals surface area contributed by atoms with Crippen LogP contribution in [0.15, 0.2) is 18.2 Å². The SMILES string of the molecule is COC(=O)Cc1cccc(C#N)c1N. The molecule has 0 unspecified atom stereocenters. The molecule has 0 amide bonds. The van der Waals surface area contributed by atoms with E-state index >= 15 is 0 Å². The summed E-state index contributed by atoms with van der Waals surface area (Å²) < 4.78 is 4.51. The first-order chi connectivity index (χ1) is 6.69. The van der Waals surface area contributed by atoms with Gasteiger partial charge in [-0.15, -0.1) is 0 Å². The Balaban J connectivity index is 2.99. The zero-order chi connectivity index (χ0) is 10.6. The van der Waals surface area contributed by atoms with E-state index in [1.165, 1.54) is 7.11 Å². The van der Waals surface area contributed by atoms with Crippen molar-refractivity contribution in [2.75, 3.05) is 12.8 Å². The Morgan fingerprint density at radius 1 is 1.64 bits per heavy atom. The van der Waals surface area contributed by atoms with Crippen LogP contribution in [-0.2, 0) is 16.0 Å². The largest absolute Gasteiger partial charge is 0.469 e. The number of anilines is 1. The van der Waals surface area contributed by atoms with Crippen LogP contribution in [0.3, 0.4) is 0 Å². The van der Waals surface area contributed by atoms with Gasteiger partial charge in [0.2, 0.25) is 0 Å². The Labute approximate surface area is 81.9 Å². The standard InChI is InChI=1S/C10H10N2O2/c1-14-9(13)5-7-3-2-4-8(6-11)10(7)12/h2-4H,5,12H2,1H3. The molecule has 0 aliphatic heterocycles. The molecule has 0 aliphatic rings. The summed E-state index contributed by atoms with van der Waals surface area (Å²) in [5.41, 5.74) is 7.02. The smallest absolute Gasteiger partial charge is 0.310 e. The fraction of sp³-hybridized carbons (Fsp3) is 0.200. The van der Waals surface area contributed by atoms with Crippen molar-refractivity contribution in [2.45, 2.75) is 6.42 Å². The highest BCUT2D eigenvalue weighted by Gasteiger charge is 2.08. The average Bonchev–Trinajstić information content (AvgIpc) is 2.21. The lowest BCUT2D eigenvalue weighted by Gasteiger charge is -2.04. The topological polar surface area (TPSA) is 76.1 Å². The first-order valence-corrected chi connectivity index (χ1v) is 4.03. The summed E-state index contributed by atoms with van der Waals surface area (Å²) in [6.45, 7) is 0. The van der Waals surface area contributed by atoms with Crippen LogP contribution in [0.25, 0.3) is 0 Å². The minimum Gasteiger partial charge on any atom is -0.469 e. The third-order valence-electron chi connectivity index (χ3n) is 1.88. The molecule has 0 aliphatic carbocycles. The van der Waals surface area contributed by atoms with Gasteiger partial charge in [-0.1, -0.05) is 12.1 Å². The number of methoxy groups -OCH3 is 1. The number of hydrogen-bond donors (Lipinski definition) is 1. The Morgan fingerprint density at radius 3 is 2.93 bits per heavy atom. The molecule has 0 aromatic heterocycles. The van der Waals surface area contributed by atoms with Crippen molar-refractivity contribution in [3.8, 4) is 6.07 Å². The molecule has 2 N–H and O–H groups in total. The highest BCUT2D eigenvalue weighted by molar-refractivity contribution is 5.76. The van der Waals surface area contributed by atoms with E-state index in [-0.39, 0.29) is 12.4 Å². The van der Waals surface area contributed by atoms with Gasteiger partial charge in [0.15, 0.2) is 0 Å². The van der Waals surface area contributed by atoms with Crippen molar-refractivity contribution < 1.29 is 9.53 Å². The molecule has 72 valence electrons. The molecule has 1 rings (SSSR count). The Kier molecular flexibility index (Phi) is 3.08. The second-order valence-electron chi connectivity index (χ2n) is 2.74. The van der Waals surface area contributed by atoms with E-state index in [1.807, 2.05) is 6.07 Å². The quantitative estimate of drug-likeness (QED) is 0.554. The molecular weight excluding hydrogens is 180 g/mol. The summed E-state index contributed by atoms with van der Waals surface area (Å²) in [6, 6.07) is 6.95. The maximum absolute atomic E-state index is 11.0. The van der Waals surface area contributed by atoms with Crippen molar-refractivity contribution in [1.82, 2.24) is 0 Å². The molecule has 1 aromatic rings. The van der Waals surface area contributed by atoms with Gasteiger partial charge in [0.1, 0.15) is 6.07 Å². The Hall–Kier alpha value is -2.02. The number of carbonyl (C=O) groups excluding carboxylic acids is 1. The van der Waals surface area contributed by atoms with Gasteiger partial charge in [-0.2, -0.15) is 5.26 Å². The molecular formula is C10H10N2O2. The van der Waals surface area contributed by atoms with Crippen molar-refractivity contribution >= 4 is 11.7 Å². The fourth-order valence-corrected chi connectivity index (χ4v) is 1.09. The number of para-hydroxylation sites is 1. The van der Waals surface area contributed by atoms with Gasteiger partial charge in [-0.25, -0.2) is 0 Å². The van der Waals surface area contributed by atoms with Crippen LogP contribution in [0.5, 0.6) is 0 Å². The normalized spacial score (nSPS) is 9.14. The number of rotatable bonds is 2. The average molecular weight is 190 g/mol. The molecule has 4 nitrogen and oxygen atoms in total. The zero-order valence-electron chi connectivity index (χ0n) is 7.78. The van der Waals surface area contributed by atoms with Crippen LogP contribution in [0.2, 0.25) is 0 Å². The third-order valence-corrected chi connectivity index (χ3v) is 1.88. The number of carbonyl (C=O) groups is 1. The fourth-order valence-electron chi connectivity index (χ4n) is 1.09. The number of nitriles is 1. The van der Waals surface area contributed by atoms with Crippen molar-refractivity contribution in [3.63, 3.8) is 0 Å². The van der Waals surface area contributed by atoms with Gasteiger partial charge in [0.25, 0.3) is 0 Å². The van der Waals surface area contributed by atoms with Crippen LogP contribution in [0.4, 0.5) is 5.69 Å². The van der Waals surface area contributed by atoms with Crippen molar-refractivity contribution in [1.29, 1.82) is 5.26 Å². The monoisotopic (exact) mass is 190 g/mol. The van der Waals surface area contributed by atoms with Gasteiger partial charge in [0, 0.05) is 0 Å². The zero-order valence-corrected chi connectivity index (χ0v) is 7.78. The Bertz CT molecular complexity index is 394.